The Bertz CT molecular complexity index is 495. The number of nitrogens with zero attached hydrogens (tertiary/aromatic N) is 1. The minimum Gasteiger partial charge on any atom is -0.348 e. The van der Waals surface area contributed by atoms with E-state index in [1.165, 1.54) is 6.42 Å². The summed E-state index contributed by atoms with van der Waals surface area (Å²) < 4.78 is 0. The van der Waals surface area contributed by atoms with Gasteiger partial charge < -0.3 is 10.6 Å². The molecule has 2 rings (SSSR count). The molecule has 0 aromatic heterocycles. The lowest BCUT2D eigenvalue weighted by Gasteiger charge is -2.36. The Morgan fingerprint density at radius 1 is 1.30 bits per heavy atom. The number of likely N-dealkylation sites (tertiary alicyclic amines) is 1. The van der Waals surface area contributed by atoms with Gasteiger partial charge in [0.1, 0.15) is 0 Å². The quantitative estimate of drug-likeness (QED) is 0.849. The number of hydrogen-bond donors (Lipinski definition) is 2. The number of piperidine rings is 1. The van der Waals surface area contributed by atoms with Gasteiger partial charge in [0.2, 0.25) is 5.91 Å². The van der Waals surface area contributed by atoms with E-state index in [1.807, 2.05) is 45.2 Å². The number of likely N-dealkylation sites (N-methyl/N-ethyl adjacent to an activating group) is 1. The second-order valence-electron chi connectivity index (χ2n) is 6.08. The Kier molecular flexibility index (Phi) is 8.34. The summed E-state index contributed by atoms with van der Waals surface area (Å²) in [5, 5.41) is 7.13. The van der Waals surface area contributed by atoms with Crippen LogP contribution in [0.25, 0.3) is 0 Å². The molecule has 1 aliphatic heterocycles. The SMILES string of the molecule is CNC1CCCN(C(C)C(=O)NC(C)c2ccc(Cl)cc2)C1.Cl. The standard InChI is InChI=1S/C17H26ClN3O.ClH/c1-12(14-6-8-15(18)9-7-14)20-17(22)13(2)21-10-4-5-16(11-21)19-3;/h6-9,12-13,16,19H,4-5,10-11H2,1-3H3,(H,20,22);1H. The van der Waals surface area contributed by atoms with Gasteiger partial charge in [-0.1, -0.05) is 23.7 Å². The highest BCUT2D eigenvalue weighted by Gasteiger charge is 2.27. The van der Waals surface area contributed by atoms with E-state index in [0.717, 1.165) is 25.1 Å². The van der Waals surface area contributed by atoms with Crippen molar-refractivity contribution >= 4 is 29.9 Å². The number of rotatable bonds is 5. The Morgan fingerprint density at radius 3 is 2.57 bits per heavy atom. The number of carbonyl (C=O) groups is 1. The van der Waals surface area contributed by atoms with Crippen molar-refractivity contribution in [2.24, 2.45) is 0 Å². The minimum atomic E-state index is -0.106. The van der Waals surface area contributed by atoms with Crippen molar-refractivity contribution < 1.29 is 4.79 Å². The lowest BCUT2D eigenvalue weighted by molar-refractivity contribution is -0.127. The molecule has 4 nitrogen and oxygen atoms in total. The van der Waals surface area contributed by atoms with Gasteiger partial charge in [-0.25, -0.2) is 0 Å². The second kappa shape index (κ2) is 9.48. The van der Waals surface area contributed by atoms with Crippen LogP contribution < -0.4 is 10.6 Å². The van der Waals surface area contributed by atoms with Crippen LogP contribution in [0.3, 0.4) is 0 Å². The van der Waals surface area contributed by atoms with E-state index in [9.17, 15) is 4.79 Å². The molecule has 3 unspecified atom stereocenters. The van der Waals surface area contributed by atoms with Crippen LogP contribution in [0.5, 0.6) is 0 Å². The number of amides is 1. The lowest BCUT2D eigenvalue weighted by atomic mass is 10.0. The lowest BCUT2D eigenvalue weighted by Crippen LogP contribution is -2.52. The van der Waals surface area contributed by atoms with Crippen molar-refractivity contribution in [1.82, 2.24) is 15.5 Å². The normalized spacial score (nSPS) is 21.1. The number of benzene rings is 1. The first kappa shape index (κ1) is 20.2. The minimum absolute atomic E-state index is 0. The van der Waals surface area contributed by atoms with Crippen molar-refractivity contribution in [2.75, 3.05) is 20.1 Å². The molecule has 3 atom stereocenters. The average Bonchev–Trinajstić information content (AvgIpc) is 2.54. The summed E-state index contributed by atoms with van der Waals surface area (Å²) >= 11 is 5.90. The van der Waals surface area contributed by atoms with Crippen molar-refractivity contribution in [3.05, 3.63) is 34.9 Å². The van der Waals surface area contributed by atoms with Gasteiger partial charge >= 0.3 is 0 Å². The summed E-state index contributed by atoms with van der Waals surface area (Å²) in [6, 6.07) is 7.97. The number of nitrogens with one attached hydrogen (secondary N) is 2. The fourth-order valence-electron chi connectivity index (χ4n) is 2.93. The Labute approximate surface area is 150 Å². The van der Waals surface area contributed by atoms with E-state index in [0.29, 0.717) is 11.1 Å². The summed E-state index contributed by atoms with van der Waals surface area (Å²) in [6.45, 7) is 5.91. The van der Waals surface area contributed by atoms with Gasteiger partial charge in [0.25, 0.3) is 0 Å². The van der Waals surface area contributed by atoms with Gasteiger partial charge in [0.05, 0.1) is 12.1 Å². The molecular formula is C17H27Cl2N3O. The third-order valence-electron chi connectivity index (χ3n) is 4.52. The first-order chi connectivity index (χ1) is 10.5. The molecule has 1 heterocycles. The van der Waals surface area contributed by atoms with E-state index in [2.05, 4.69) is 15.5 Å². The molecule has 6 heteroatoms. The zero-order valence-corrected chi connectivity index (χ0v) is 15.6. The van der Waals surface area contributed by atoms with E-state index in [-0.39, 0.29) is 30.4 Å². The molecule has 0 radical (unpaired) electrons. The van der Waals surface area contributed by atoms with Gasteiger partial charge in [-0.2, -0.15) is 0 Å². The van der Waals surface area contributed by atoms with Crippen LogP contribution in [0.4, 0.5) is 0 Å². The predicted molar refractivity (Wildman–Crippen MR) is 98.4 cm³/mol. The van der Waals surface area contributed by atoms with Gasteiger partial charge in [0.15, 0.2) is 0 Å². The average molecular weight is 360 g/mol. The second-order valence-corrected chi connectivity index (χ2v) is 6.52. The highest BCUT2D eigenvalue weighted by Crippen LogP contribution is 2.17. The van der Waals surface area contributed by atoms with E-state index in [4.69, 9.17) is 11.6 Å². The molecule has 1 aromatic rings. The molecule has 130 valence electrons. The molecule has 0 bridgehead atoms. The summed E-state index contributed by atoms with van der Waals surface area (Å²) in [6.07, 6.45) is 2.32. The van der Waals surface area contributed by atoms with Crippen molar-refractivity contribution in [3.8, 4) is 0 Å². The summed E-state index contributed by atoms with van der Waals surface area (Å²) in [5.74, 6) is 0.0826. The summed E-state index contributed by atoms with van der Waals surface area (Å²) in [4.78, 5) is 14.7. The monoisotopic (exact) mass is 359 g/mol. The van der Waals surface area contributed by atoms with Crippen LogP contribution in [0, 0.1) is 0 Å². The Balaban J connectivity index is 0.00000264. The zero-order chi connectivity index (χ0) is 16.1. The molecule has 1 aromatic carbocycles. The maximum atomic E-state index is 12.5. The first-order valence-corrected chi connectivity index (χ1v) is 8.36. The molecule has 23 heavy (non-hydrogen) atoms. The maximum absolute atomic E-state index is 12.5. The van der Waals surface area contributed by atoms with E-state index < -0.39 is 0 Å². The molecule has 0 aliphatic carbocycles. The number of carbonyl (C=O) groups excluding carboxylic acids is 1. The highest BCUT2D eigenvalue weighted by atomic mass is 35.5. The first-order valence-electron chi connectivity index (χ1n) is 7.98. The van der Waals surface area contributed by atoms with Gasteiger partial charge in [-0.15, -0.1) is 12.4 Å². The third kappa shape index (κ3) is 5.64. The smallest absolute Gasteiger partial charge is 0.237 e. The van der Waals surface area contributed by atoms with Crippen LogP contribution in [0.2, 0.25) is 5.02 Å². The molecule has 0 saturated carbocycles. The van der Waals surface area contributed by atoms with Crippen molar-refractivity contribution in [1.29, 1.82) is 0 Å². The molecule has 1 amide bonds. The fraction of sp³-hybridized carbons (Fsp3) is 0.588. The van der Waals surface area contributed by atoms with Gasteiger partial charge in [-0.3, -0.25) is 9.69 Å². The third-order valence-corrected chi connectivity index (χ3v) is 4.77. The van der Waals surface area contributed by atoms with Crippen LogP contribution >= 0.6 is 24.0 Å². The van der Waals surface area contributed by atoms with Crippen molar-refractivity contribution in [2.45, 2.75) is 44.8 Å². The molecule has 1 saturated heterocycles. The molecule has 1 fully saturated rings. The maximum Gasteiger partial charge on any atom is 0.237 e. The number of halogens is 2. The summed E-state index contributed by atoms with van der Waals surface area (Å²) in [5.41, 5.74) is 1.07. The molecule has 2 N–H and O–H groups in total. The van der Waals surface area contributed by atoms with Crippen LogP contribution in [0.1, 0.15) is 38.3 Å². The van der Waals surface area contributed by atoms with Crippen LogP contribution in [0.15, 0.2) is 24.3 Å². The zero-order valence-electron chi connectivity index (χ0n) is 14.0. The van der Waals surface area contributed by atoms with Gasteiger partial charge in [-0.05, 0) is 58.0 Å². The molecule has 1 aliphatic rings. The Morgan fingerprint density at radius 2 is 1.96 bits per heavy atom. The van der Waals surface area contributed by atoms with Gasteiger partial charge in [0, 0.05) is 17.6 Å². The summed E-state index contributed by atoms with van der Waals surface area (Å²) in [7, 11) is 1.99. The van der Waals surface area contributed by atoms with Crippen molar-refractivity contribution in [3.63, 3.8) is 0 Å². The fourth-order valence-corrected chi connectivity index (χ4v) is 3.05. The van der Waals surface area contributed by atoms with Crippen LogP contribution in [-0.4, -0.2) is 43.0 Å². The van der Waals surface area contributed by atoms with E-state index >= 15 is 0 Å². The largest absolute Gasteiger partial charge is 0.348 e. The number of hydrogen-bond acceptors (Lipinski definition) is 3. The Hall–Kier alpha value is -0.810. The topological polar surface area (TPSA) is 44.4 Å². The van der Waals surface area contributed by atoms with E-state index in [1.54, 1.807) is 0 Å². The molecule has 0 spiro atoms. The predicted octanol–water partition coefficient (Wildman–Crippen LogP) is 3.01. The van der Waals surface area contributed by atoms with Crippen LogP contribution in [-0.2, 0) is 4.79 Å². The highest BCUT2D eigenvalue weighted by molar-refractivity contribution is 6.30. The molecular weight excluding hydrogens is 333 g/mol.